The van der Waals surface area contributed by atoms with E-state index < -0.39 is 0 Å². The number of hydrogen-bond acceptors (Lipinski definition) is 5. The minimum atomic E-state index is 0.558. The van der Waals surface area contributed by atoms with Gasteiger partial charge in [-0.3, -0.25) is 4.57 Å². The molecule has 13 aromatic rings. The van der Waals surface area contributed by atoms with Gasteiger partial charge >= 0.3 is 0 Å². The van der Waals surface area contributed by atoms with Crippen molar-refractivity contribution in [2.45, 2.75) is 0 Å². The van der Waals surface area contributed by atoms with Gasteiger partial charge in [-0.1, -0.05) is 140 Å². The van der Waals surface area contributed by atoms with E-state index in [1.165, 1.54) is 15.5 Å². The van der Waals surface area contributed by atoms with Gasteiger partial charge in [0.1, 0.15) is 5.01 Å². The van der Waals surface area contributed by atoms with Gasteiger partial charge in [0.15, 0.2) is 11.6 Å². The lowest BCUT2D eigenvalue weighted by Gasteiger charge is -2.14. The number of fused-ring (bicyclic) bond motifs is 11. The largest absolute Gasteiger partial charge is 0.307 e. The topological polar surface area (TPSA) is 61.4 Å². The third-order valence-corrected chi connectivity index (χ3v) is 13.1. The maximum Gasteiger partial charge on any atom is 0.238 e. The first-order chi connectivity index (χ1) is 30.2. The van der Waals surface area contributed by atoms with Gasteiger partial charge in [-0.25, -0.2) is 9.97 Å². The summed E-state index contributed by atoms with van der Waals surface area (Å²) in [6.45, 7) is 0. The monoisotopic (exact) mass is 796 g/mol. The highest BCUT2D eigenvalue weighted by molar-refractivity contribution is 7.21. The summed E-state index contributed by atoms with van der Waals surface area (Å²) in [5, 5.41) is 10.2. The molecule has 6 nitrogen and oxygen atoms in total. The predicted molar refractivity (Wildman–Crippen MR) is 253 cm³/mol. The molecule has 0 spiro atoms. The summed E-state index contributed by atoms with van der Waals surface area (Å²) in [5.74, 6) is 1.79. The first kappa shape index (κ1) is 33.9. The van der Waals surface area contributed by atoms with Gasteiger partial charge in [0.2, 0.25) is 5.95 Å². The zero-order valence-corrected chi connectivity index (χ0v) is 33.4. The van der Waals surface area contributed by atoms with E-state index >= 15 is 0 Å². The second kappa shape index (κ2) is 13.3. The van der Waals surface area contributed by atoms with Crippen LogP contribution in [0.4, 0.5) is 0 Å². The van der Waals surface area contributed by atoms with Gasteiger partial charge in [-0.2, -0.15) is 9.97 Å². The predicted octanol–water partition coefficient (Wildman–Crippen LogP) is 14.0. The molecule has 0 aliphatic heterocycles. The average Bonchev–Trinajstić information content (AvgIpc) is 4.02. The highest BCUT2D eigenvalue weighted by atomic mass is 32.1. The first-order valence-corrected chi connectivity index (χ1v) is 21.2. The fraction of sp³-hybridized carbons (Fsp3) is 0. The maximum absolute atomic E-state index is 5.48. The van der Waals surface area contributed by atoms with Gasteiger partial charge in [0.25, 0.3) is 0 Å². The number of rotatable bonds is 5. The minimum Gasteiger partial charge on any atom is -0.307 e. The molecule has 0 unspecified atom stereocenters. The summed E-state index contributed by atoms with van der Waals surface area (Å²) in [5.41, 5.74) is 9.32. The van der Waals surface area contributed by atoms with Crippen molar-refractivity contribution >= 4 is 86.7 Å². The van der Waals surface area contributed by atoms with Gasteiger partial charge in [0, 0.05) is 43.9 Å². The molecule has 0 atom stereocenters. The Kier molecular flexibility index (Phi) is 7.37. The van der Waals surface area contributed by atoms with Crippen LogP contribution in [-0.4, -0.2) is 29.1 Å². The van der Waals surface area contributed by atoms with Crippen LogP contribution in [0, 0.1) is 0 Å². The first-order valence-electron chi connectivity index (χ1n) is 20.4. The smallest absolute Gasteiger partial charge is 0.238 e. The molecule has 61 heavy (non-hydrogen) atoms. The molecule has 7 heteroatoms. The van der Waals surface area contributed by atoms with Crippen LogP contribution in [-0.2, 0) is 0 Å². The quantitative estimate of drug-likeness (QED) is 0.163. The van der Waals surface area contributed by atoms with E-state index in [1.807, 2.05) is 24.3 Å². The Hall–Kier alpha value is -8.00. The van der Waals surface area contributed by atoms with Crippen LogP contribution in [0.25, 0.3) is 120 Å². The zero-order valence-electron chi connectivity index (χ0n) is 32.6. The summed E-state index contributed by atoms with van der Waals surface area (Å²) >= 11 is 1.72. The van der Waals surface area contributed by atoms with E-state index in [0.29, 0.717) is 17.6 Å². The van der Waals surface area contributed by atoms with E-state index in [2.05, 4.69) is 179 Å². The summed E-state index contributed by atoms with van der Waals surface area (Å²) in [6, 6.07) is 68.6. The number of nitrogens with zero attached hydrogens (tertiary/aromatic N) is 6. The molecule has 9 aromatic carbocycles. The number of thiazole rings is 1. The van der Waals surface area contributed by atoms with E-state index in [9.17, 15) is 0 Å². The molecule has 0 aliphatic carbocycles. The average molecular weight is 797 g/mol. The number of hydrogen-bond donors (Lipinski definition) is 0. The van der Waals surface area contributed by atoms with Crippen LogP contribution < -0.4 is 0 Å². The summed E-state index contributed by atoms with van der Waals surface area (Å²) < 4.78 is 5.85. The molecule has 0 fully saturated rings. The Morgan fingerprint density at radius 2 is 0.967 bits per heavy atom. The molecule has 0 bridgehead atoms. The fourth-order valence-electron chi connectivity index (χ4n) is 9.27. The van der Waals surface area contributed by atoms with Crippen molar-refractivity contribution in [1.29, 1.82) is 0 Å². The molecular weight excluding hydrogens is 765 g/mol. The molecule has 4 heterocycles. The molecule has 284 valence electrons. The van der Waals surface area contributed by atoms with E-state index in [-0.39, 0.29) is 0 Å². The molecule has 0 radical (unpaired) electrons. The third kappa shape index (κ3) is 5.21. The van der Waals surface area contributed by atoms with Crippen molar-refractivity contribution in [1.82, 2.24) is 29.1 Å². The highest BCUT2D eigenvalue weighted by Gasteiger charge is 2.24. The lowest BCUT2D eigenvalue weighted by molar-refractivity contribution is 0.954. The number of benzene rings is 9. The zero-order chi connectivity index (χ0) is 40.0. The lowest BCUT2D eigenvalue weighted by Crippen LogP contribution is -2.07. The van der Waals surface area contributed by atoms with Gasteiger partial charge in [-0.15, -0.1) is 11.3 Å². The van der Waals surface area contributed by atoms with Crippen molar-refractivity contribution in [3.63, 3.8) is 0 Å². The Morgan fingerprint density at radius 1 is 0.377 bits per heavy atom. The van der Waals surface area contributed by atoms with Gasteiger partial charge in [-0.05, 0) is 76.1 Å². The molecule has 0 saturated heterocycles. The Bertz CT molecular complexity index is 3850. The molecular formula is C54H32N6S. The number of aromatic nitrogens is 6. The Morgan fingerprint density at radius 3 is 1.72 bits per heavy atom. The van der Waals surface area contributed by atoms with Crippen molar-refractivity contribution in [3.05, 3.63) is 194 Å². The molecule has 4 aromatic heterocycles. The normalized spacial score (nSPS) is 11.9. The van der Waals surface area contributed by atoms with Crippen molar-refractivity contribution in [3.8, 4) is 45.0 Å². The second-order valence-corrected chi connectivity index (χ2v) is 16.5. The van der Waals surface area contributed by atoms with Crippen LogP contribution in [0.3, 0.4) is 0 Å². The van der Waals surface area contributed by atoms with Crippen LogP contribution in [0.2, 0.25) is 0 Å². The van der Waals surface area contributed by atoms with E-state index in [1.54, 1.807) is 11.3 Å². The van der Waals surface area contributed by atoms with Crippen LogP contribution >= 0.6 is 11.3 Å². The maximum atomic E-state index is 5.48. The van der Waals surface area contributed by atoms with Gasteiger partial charge < -0.3 is 4.57 Å². The summed E-state index contributed by atoms with van der Waals surface area (Å²) in [4.78, 5) is 21.1. The number of para-hydroxylation sites is 3. The third-order valence-electron chi connectivity index (χ3n) is 12.0. The van der Waals surface area contributed by atoms with Crippen molar-refractivity contribution < 1.29 is 0 Å². The molecule has 0 N–H and O–H groups in total. The van der Waals surface area contributed by atoms with Crippen LogP contribution in [0.5, 0.6) is 0 Å². The van der Waals surface area contributed by atoms with Crippen LogP contribution in [0.1, 0.15) is 0 Å². The minimum absolute atomic E-state index is 0.558. The standard InChI is InChI=1S/C54H32N6S/c1-2-14-33(15-3-1)51-56-52(44-32-35-16-4-5-17-37(35)38-18-6-7-19-39(38)44)58-54(57-51)60-47-24-12-9-21-41(47)43-31-30-42-40-20-8-11-23-46(40)59(49(42)50(43)60)36-28-26-34(27-29-36)53-55-45-22-10-13-25-48(45)61-53/h1-32H. The van der Waals surface area contributed by atoms with E-state index in [4.69, 9.17) is 19.9 Å². The lowest BCUT2D eigenvalue weighted by atomic mass is 9.97. The second-order valence-electron chi connectivity index (χ2n) is 15.4. The van der Waals surface area contributed by atoms with Gasteiger partial charge in [0.05, 0.1) is 32.3 Å². The fourth-order valence-corrected chi connectivity index (χ4v) is 10.2. The highest BCUT2D eigenvalue weighted by Crippen LogP contribution is 2.42. The van der Waals surface area contributed by atoms with E-state index in [0.717, 1.165) is 87.3 Å². The molecule has 0 saturated carbocycles. The Labute approximate surface area is 353 Å². The Balaban J connectivity index is 1.12. The molecule has 0 aliphatic rings. The SMILES string of the molecule is c1ccc(-c2nc(-c3cc4ccccc4c4ccccc34)nc(-n3c4ccccc4c4ccc5c6ccccc6n(-c6ccc(-c7nc8ccccc8s7)cc6)c5c43)n2)cc1. The molecule has 13 rings (SSSR count). The van der Waals surface area contributed by atoms with Crippen LogP contribution in [0.15, 0.2) is 194 Å². The summed E-state index contributed by atoms with van der Waals surface area (Å²) in [6.07, 6.45) is 0. The summed E-state index contributed by atoms with van der Waals surface area (Å²) in [7, 11) is 0. The molecule has 0 amide bonds. The van der Waals surface area contributed by atoms with Crippen molar-refractivity contribution in [2.75, 3.05) is 0 Å². The van der Waals surface area contributed by atoms with Crippen molar-refractivity contribution in [2.24, 2.45) is 0 Å².